The first-order valence-electron chi connectivity index (χ1n) is 8.64. The maximum absolute atomic E-state index is 12.2. The van der Waals surface area contributed by atoms with Crippen LogP contribution in [0.2, 0.25) is 0 Å². The Labute approximate surface area is 149 Å². The summed E-state index contributed by atoms with van der Waals surface area (Å²) in [5.41, 5.74) is 0.923. The molecule has 126 valence electrons. The molecule has 1 N–H and O–H groups in total. The van der Waals surface area contributed by atoms with Crippen molar-refractivity contribution in [2.75, 3.05) is 11.9 Å². The van der Waals surface area contributed by atoms with E-state index in [0.717, 1.165) is 46.8 Å². The zero-order valence-corrected chi connectivity index (χ0v) is 14.5. The van der Waals surface area contributed by atoms with Crippen LogP contribution in [0, 0.1) is 0 Å². The lowest BCUT2D eigenvalue weighted by Gasteiger charge is -2.17. The number of rotatable bonds is 4. The molecule has 25 heavy (non-hydrogen) atoms. The Morgan fingerprint density at radius 3 is 2.80 bits per heavy atom. The summed E-state index contributed by atoms with van der Waals surface area (Å²) < 4.78 is 0. The number of carbonyl (C=O) groups excluding carboxylic acids is 1. The topological polar surface area (TPSA) is 58.1 Å². The highest BCUT2D eigenvalue weighted by molar-refractivity contribution is 7.13. The number of aromatic nitrogens is 2. The van der Waals surface area contributed by atoms with Gasteiger partial charge in [-0.2, -0.15) is 0 Å². The molecule has 2 fully saturated rings. The Hall–Kier alpha value is -2.47. The van der Waals surface area contributed by atoms with E-state index in [4.69, 9.17) is 9.97 Å². The van der Waals surface area contributed by atoms with E-state index in [2.05, 4.69) is 5.32 Å². The van der Waals surface area contributed by atoms with Gasteiger partial charge in [0.15, 0.2) is 5.82 Å². The van der Waals surface area contributed by atoms with E-state index < -0.39 is 0 Å². The SMILES string of the molecule is O=C1CC(Nc2nc(-c3cccs3)nc3ccccc23)CN1C1CC1. The number of hydrogen-bond donors (Lipinski definition) is 1. The van der Waals surface area contributed by atoms with Crippen molar-refractivity contribution in [1.82, 2.24) is 14.9 Å². The summed E-state index contributed by atoms with van der Waals surface area (Å²) in [6.45, 7) is 0.774. The number of para-hydroxylation sites is 1. The molecule has 0 spiro atoms. The van der Waals surface area contributed by atoms with Gasteiger partial charge in [-0.05, 0) is 36.4 Å². The maximum Gasteiger partial charge on any atom is 0.225 e. The molecule has 3 aromatic rings. The highest BCUT2D eigenvalue weighted by Crippen LogP contribution is 2.33. The van der Waals surface area contributed by atoms with Crippen molar-refractivity contribution in [3.05, 3.63) is 41.8 Å². The molecular weight excluding hydrogens is 332 g/mol. The molecule has 1 atom stereocenters. The summed E-state index contributed by atoms with van der Waals surface area (Å²) in [7, 11) is 0. The minimum Gasteiger partial charge on any atom is -0.364 e. The summed E-state index contributed by atoms with van der Waals surface area (Å²) in [6, 6.07) is 12.7. The molecule has 1 aromatic carbocycles. The molecule has 5 nitrogen and oxygen atoms in total. The smallest absolute Gasteiger partial charge is 0.225 e. The highest BCUT2D eigenvalue weighted by atomic mass is 32.1. The van der Waals surface area contributed by atoms with E-state index in [-0.39, 0.29) is 11.9 Å². The van der Waals surface area contributed by atoms with Crippen LogP contribution in [0.5, 0.6) is 0 Å². The Balaban J connectivity index is 1.50. The Bertz CT molecular complexity index is 936. The first-order valence-corrected chi connectivity index (χ1v) is 9.52. The van der Waals surface area contributed by atoms with Crippen LogP contribution in [0.1, 0.15) is 19.3 Å². The second-order valence-corrected chi connectivity index (χ2v) is 7.66. The van der Waals surface area contributed by atoms with Crippen molar-refractivity contribution in [2.45, 2.75) is 31.3 Å². The number of thiophene rings is 1. The number of nitrogens with one attached hydrogen (secondary N) is 1. The predicted molar refractivity (Wildman–Crippen MR) is 99.6 cm³/mol. The average molecular weight is 350 g/mol. The molecular formula is C19H18N4OS. The number of carbonyl (C=O) groups is 1. The quantitative estimate of drug-likeness (QED) is 0.782. The second-order valence-electron chi connectivity index (χ2n) is 6.71. The maximum atomic E-state index is 12.2. The fraction of sp³-hybridized carbons (Fsp3) is 0.316. The fourth-order valence-electron chi connectivity index (χ4n) is 3.46. The van der Waals surface area contributed by atoms with Gasteiger partial charge in [-0.3, -0.25) is 4.79 Å². The Kier molecular flexibility index (Phi) is 3.45. The molecule has 2 aliphatic rings. The fourth-order valence-corrected chi connectivity index (χ4v) is 4.12. The van der Waals surface area contributed by atoms with Gasteiger partial charge in [-0.15, -0.1) is 11.3 Å². The number of likely N-dealkylation sites (tertiary alicyclic amines) is 1. The van der Waals surface area contributed by atoms with Gasteiger partial charge >= 0.3 is 0 Å². The van der Waals surface area contributed by atoms with Crippen molar-refractivity contribution in [1.29, 1.82) is 0 Å². The summed E-state index contributed by atoms with van der Waals surface area (Å²) in [5.74, 6) is 1.82. The van der Waals surface area contributed by atoms with Gasteiger partial charge in [0.1, 0.15) is 5.82 Å². The first kappa shape index (κ1) is 14.8. The van der Waals surface area contributed by atoms with E-state index in [1.807, 2.05) is 46.7 Å². The van der Waals surface area contributed by atoms with Gasteiger partial charge in [0.05, 0.1) is 16.4 Å². The Morgan fingerprint density at radius 2 is 2.00 bits per heavy atom. The summed E-state index contributed by atoms with van der Waals surface area (Å²) in [6.07, 6.45) is 2.85. The first-order chi connectivity index (χ1) is 12.3. The van der Waals surface area contributed by atoms with Gasteiger partial charge in [0.25, 0.3) is 0 Å². The number of fused-ring (bicyclic) bond motifs is 1. The van der Waals surface area contributed by atoms with Crippen LogP contribution in [0.3, 0.4) is 0 Å². The van der Waals surface area contributed by atoms with E-state index in [9.17, 15) is 4.79 Å². The van der Waals surface area contributed by atoms with Crippen LogP contribution in [0.15, 0.2) is 41.8 Å². The van der Waals surface area contributed by atoms with Crippen LogP contribution in [-0.2, 0) is 4.79 Å². The Morgan fingerprint density at radius 1 is 1.12 bits per heavy atom. The highest BCUT2D eigenvalue weighted by Gasteiger charge is 2.39. The monoisotopic (exact) mass is 350 g/mol. The number of nitrogens with zero attached hydrogens (tertiary/aromatic N) is 3. The molecule has 5 rings (SSSR count). The number of amides is 1. The lowest BCUT2D eigenvalue weighted by molar-refractivity contribution is -0.128. The molecule has 2 aromatic heterocycles. The molecule has 1 saturated carbocycles. The standard InChI is InChI=1S/C19H18N4OS/c24-17-10-12(11-23(17)13-7-8-13)20-18-14-4-1-2-5-15(14)21-19(22-18)16-6-3-9-25-16/h1-6,9,12-13H,7-8,10-11H2,(H,20,21,22). The van der Waals surface area contributed by atoms with E-state index in [0.29, 0.717) is 12.5 Å². The third-order valence-corrected chi connectivity index (χ3v) is 5.70. The third kappa shape index (κ3) is 2.76. The van der Waals surface area contributed by atoms with E-state index in [1.165, 1.54) is 0 Å². The van der Waals surface area contributed by atoms with Gasteiger partial charge in [-0.1, -0.05) is 18.2 Å². The predicted octanol–water partition coefficient (Wildman–Crippen LogP) is 3.53. The zero-order chi connectivity index (χ0) is 16.8. The largest absolute Gasteiger partial charge is 0.364 e. The van der Waals surface area contributed by atoms with Gasteiger partial charge in [0, 0.05) is 24.4 Å². The molecule has 1 aliphatic heterocycles. The molecule has 3 heterocycles. The molecule has 1 saturated heterocycles. The van der Waals surface area contributed by atoms with Gasteiger partial charge < -0.3 is 10.2 Å². The van der Waals surface area contributed by atoms with Crippen LogP contribution >= 0.6 is 11.3 Å². The number of benzene rings is 1. The lowest BCUT2D eigenvalue weighted by atomic mass is 10.2. The summed E-state index contributed by atoms with van der Waals surface area (Å²) in [5, 5.41) is 6.55. The summed E-state index contributed by atoms with van der Waals surface area (Å²) in [4.78, 5) is 24.8. The second kappa shape index (κ2) is 5.81. The molecule has 1 aliphatic carbocycles. The van der Waals surface area contributed by atoms with Crippen LogP contribution < -0.4 is 5.32 Å². The number of anilines is 1. The minimum atomic E-state index is 0.114. The van der Waals surface area contributed by atoms with Crippen molar-refractivity contribution in [3.8, 4) is 10.7 Å². The van der Waals surface area contributed by atoms with E-state index >= 15 is 0 Å². The average Bonchev–Trinajstić information content (AvgIpc) is 3.17. The molecule has 0 radical (unpaired) electrons. The molecule has 6 heteroatoms. The van der Waals surface area contributed by atoms with Gasteiger partial charge in [0.2, 0.25) is 5.91 Å². The van der Waals surface area contributed by atoms with Crippen LogP contribution in [0.4, 0.5) is 5.82 Å². The number of hydrogen-bond acceptors (Lipinski definition) is 5. The van der Waals surface area contributed by atoms with Crippen molar-refractivity contribution in [2.24, 2.45) is 0 Å². The lowest BCUT2D eigenvalue weighted by Crippen LogP contribution is -2.30. The third-order valence-electron chi connectivity index (χ3n) is 4.83. The van der Waals surface area contributed by atoms with Crippen molar-refractivity contribution in [3.63, 3.8) is 0 Å². The minimum absolute atomic E-state index is 0.114. The molecule has 0 bridgehead atoms. The zero-order valence-electron chi connectivity index (χ0n) is 13.7. The van der Waals surface area contributed by atoms with Gasteiger partial charge in [-0.25, -0.2) is 9.97 Å². The summed E-state index contributed by atoms with van der Waals surface area (Å²) >= 11 is 1.63. The van der Waals surface area contributed by atoms with Crippen LogP contribution in [0.25, 0.3) is 21.6 Å². The van der Waals surface area contributed by atoms with Crippen LogP contribution in [-0.4, -0.2) is 39.4 Å². The van der Waals surface area contributed by atoms with E-state index in [1.54, 1.807) is 11.3 Å². The normalized spacial score (nSPS) is 20.4. The molecule has 1 amide bonds. The van der Waals surface area contributed by atoms with Crippen molar-refractivity contribution < 1.29 is 4.79 Å². The van der Waals surface area contributed by atoms with Crippen molar-refractivity contribution >= 4 is 34.0 Å². The molecule has 1 unspecified atom stereocenters.